The van der Waals surface area contributed by atoms with Crippen LogP contribution in [-0.2, 0) is 0 Å². The highest BCUT2D eigenvalue weighted by molar-refractivity contribution is 5.95. The van der Waals surface area contributed by atoms with Gasteiger partial charge in [0.05, 0.1) is 12.7 Å². The second-order valence-corrected chi connectivity index (χ2v) is 4.49. The second-order valence-electron chi connectivity index (χ2n) is 4.49. The van der Waals surface area contributed by atoms with Crippen molar-refractivity contribution >= 4 is 5.78 Å². The molecule has 5 nitrogen and oxygen atoms in total. The summed E-state index contributed by atoms with van der Waals surface area (Å²) in [6, 6.07) is 0. The van der Waals surface area contributed by atoms with E-state index in [0.717, 1.165) is 19.5 Å². The average molecular weight is 234 g/mol. The van der Waals surface area contributed by atoms with Crippen LogP contribution < -0.4 is 5.73 Å². The van der Waals surface area contributed by atoms with E-state index in [-0.39, 0.29) is 5.78 Å². The Kier molecular flexibility index (Phi) is 4.17. The predicted molar refractivity (Wildman–Crippen MR) is 64.6 cm³/mol. The summed E-state index contributed by atoms with van der Waals surface area (Å²) in [7, 11) is 0. The standard InChI is InChI=1S/C12H18N4O/c13-6-10-2-1-5-16(8-10)9-12(17)11-7-14-3-4-15-11/h3-4,7,10H,1-2,5-6,8-9,13H2/t10-/m0/s1. The van der Waals surface area contributed by atoms with E-state index < -0.39 is 0 Å². The van der Waals surface area contributed by atoms with Crippen LogP contribution in [0.5, 0.6) is 0 Å². The number of likely N-dealkylation sites (tertiary alicyclic amines) is 1. The van der Waals surface area contributed by atoms with Crippen molar-refractivity contribution in [2.75, 3.05) is 26.2 Å². The first-order valence-corrected chi connectivity index (χ1v) is 6.01. The summed E-state index contributed by atoms with van der Waals surface area (Å²) in [6.45, 7) is 3.02. The maximum atomic E-state index is 11.9. The Balaban J connectivity index is 1.90. The van der Waals surface area contributed by atoms with Gasteiger partial charge in [0.15, 0.2) is 5.78 Å². The monoisotopic (exact) mass is 234 g/mol. The second kappa shape index (κ2) is 5.84. The zero-order valence-electron chi connectivity index (χ0n) is 9.88. The van der Waals surface area contributed by atoms with Gasteiger partial charge in [0, 0.05) is 18.9 Å². The van der Waals surface area contributed by atoms with Crippen LogP contribution >= 0.6 is 0 Å². The number of carbonyl (C=O) groups excluding carboxylic acids is 1. The first-order chi connectivity index (χ1) is 8.29. The number of hydrogen-bond acceptors (Lipinski definition) is 5. The third-order valence-corrected chi connectivity index (χ3v) is 3.15. The Morgan fingerprint density at radius 3 is 3.12 bits per heavy atom. The van der Waals surface area contributed by atoms with Gasteiger partial charge in [-0.3, -0.25) is 14.7 Å². The lowest BCUT2D eigenvalue weighted by atomic mass is 9.98. The van der Waals surface area contributed by atoms with Gasteiger partial charge in [0.1, 0.15) is 5.69 Å². The third-order valence-electron chi connectivity index (χ3n) is 3.15. The molecule has 0 aromatic carbocycles. The van der Waals surface area contributed by atoms with Crippen LogP contribution in [0, 0.1) is 5.92 Å². The van der Waals surface area contributed by atoms with Crippen molar-refractivity contribution in [3.63, 3.8) is 0 Å². The van der Waals surface area contributed by atoms with E-state index >= 15 is 0 Å². The molecule has 2 rings (SSSR count). The Morgan fingerprint density at radius 2 is 2.41 bits per heavy atom. The minimum atomic E-state index is 0.0378. The van der Waals surface area contributed by atoms with Crippen LogP contribution in [0.15, 0.2) is 18.6 Å². The maximum Gasteiger partial charge on any atom is 0.196 e. The zero-order valence-corrected chi connectivity index (χ0v) is 9.88. The van der Waals surface area contributed by atoms with Crippen LogP contribution in [0.2, 0.25) is 0 Å². The summed E-state index contributed by atoms with van der Waals surface area (Å²) in [5, 5.41) is 0. The van der Waals surface area contributed by atoms with Gasteiger partial charge in [-0.1, -0.05) is 0 Å². The molecule has 0 spiro atoms. The van der Waals surface area contributed by atoms with Crippen LogP contribution in [0.1, 0.15) is 23.3 Å². The molecule has 0 radical (unpaired) electrons. The summed E-state index contributed by atoms with van der Waals surface area (Å²) >= 11 is 0. The van der Waals surface area contributed by atoms with Crippen molar-refractivity contribution < 1.29 is 4.79 Å². The molecule has 1 aliphatic rings. The van der Waals surface area contributed by atoms with Gasteiger partial charge < -0.3 is 5.73 Å². The Hall–Kier alpha value is -1.33. The lowest BCUT2D eigenvalue weighted by Crippen LogP contribution is -2.41. The molecule has 92 valence electrons. The van der Waals surface area contributed by atoms with E-state index in [0.29, 0.717) is 24.7 Å². The maximum absolute atomic E-state index is 11.9. The number of carbonyl (C=O) groups is 1. The molecule has 0 unspecified atom stereocenters. The van der Waals surface area contributed by atoms with Crippen molar-refractivity contribution in [3.8, 4) is 0 Å². The molecule has 0 saturated carbocycles. The summed E-state index contributed by atoms with van der Waals surface area (Å²) in [6.07, 6.45) is 6.93. The molecule has 0 aliphatic carbocycles. The van der Waals surface area contributed by atoms with Crippen molar-refractivity contribution in [1.82, 2.24) is 14.9 Å². The van der Waals surface area contributed by atoms with Gasteiger partial charge in [-0.15, -0.1) is 0 Å². The zero-order chi connectivity index (χ0) is 12.1. The van der Waals surface area contributed by atoms with Crippen molar-refractivity contribution in [2.24, 2.45) is 11.7 Å². The lowest BCUT2D eigenvalue weighted by Gasteiger charge is -2.31. The fraction of sp³-hybridized carbons (Fsp3) is 0.583. The highest BCUT2D eigenvalue weighted by atomic mass is 16.1. The number of rotatable bonds is 4. The summed E-state index contributed by atoms with van der Waals surface area (Å²) in [4.78, 5) is 22.0. The number of nitrogens with two attached hydrogens (primary N) is 1. The van der Waals surface area contributed by atoms with E-state index in [1.165, 1.54) is 12.6 Å². The Morgan fingerprint density at radius 1 is 1.53 bits per heavy atom. The van der Waals surface area contributed by atoms with Crippen molar-refractivity contribution in [3.05, 3.63) is 24.3 Å². The molecular weight excluding hydrogens is 216 g/mol. The Bertz CT molecular complexity index is 368. The summed E-state index contributed by atoms with van der Waals surface area (Å²) < 4.78 is 0. The molecule has 2 N–H and O–H groups in total. The normalized spacial score (nSPS) is 21.4. The molecule has 1 aromatic heterocycles. The Labute approximate surface area is 101 Å². The van der Waals surface area contributed by atoms with Gasteiger partial charge in [-0.25, -0.2) is 4.98 Å². The molecule has 1 aromatic rings. The number of hydrogen-bond donors (Lipinski definition) is 1. The minimum absolute atomic E-state index is 0.0378. The molecule has 1 atom stereocenters. The summed E-state index contributed by atoms with van der Waals surface area (Å²) in [5.74, 6) is 0.564. The van der Waals surface area contributed by atoms with E-state index in [4.69, 9.17) is 5.73 Å². The topological polar surface area (TPSA) is 72.1 Å². The smallest absolute Gasteiger partial charge is 0.196 e. The van der Waals surface area contributed by atoms with Crippen LogP contribution in [0.3, 0.4) is 0 Å². The molecule has 2 heterocycles. The highest BCUT2D eigenvalue weighted by Gasteiger charge is 2.21. The van der Waals surface area contributed by atoms with Crippen LogP contribution in [0.25, 0.3) is 0 Å². The number of piperidine rings is 1. The quantitative estimate of drug-likeness (QED) is 0.760. The first kappa shape index (κ1) is 12.1. The van der Waals surface area contributed by atoms with Crippen LogP contribution in [0.4, 0.5) is 0 Å². The van der Waals surface area contributed by atoms with Crippen molar-refractivity contribution in [1.29, 1.82) is 0 Å². The largest absolute Gasteiger partial charge is 0.330 e. The molecule has 1 saturated heterocycles. The van der Waals surface area contributed by atoms with Crippen molar-refractivity contribution in [2.45, 2.75) is 12.8 Å². The molecule has 0 bridgehead atoms. The fourth-order valence-electron chi connectivity index (χ4n) is 2.21. The number of ketones is 1. The van der Waals surface area contributed by atoms with E-state index in [2.05, 4.69) is 14.9 Å². The minimum Gasteiger partial charge on any atom is -0.330 e. The van der Waals surface area contributed by atoms with Gasteiger partial charge in [-0.2, -0.15) is 0 Å². The molecule has 5 heteroatoms. The van der Waals surface area contributed by atoms with Crippen LogP contribution in [-0.4, -0.2) is 46.8 Å². The van der Waals surface area contributed by atoms with Gasteiger partial charge in [-0.05, 0) is 31.8 Å². The number of nitrogens with zero attached hydrogens (tertiary/aromatic N) is 3. The highest BCUT2D eigenvalue weighted by Crippen LogP contribution is 2.15. The molecule has 1 aliphatic heterocycles. The van der Waals surface area contributed by atoms with Gasteiger partial charge in [0.25, 0.3) is 0 Å². The summed E-state index contributed by atoms with van der Waals surface area (Å²) in [5.41, 5.74) is 6.12. The number of aromatic nitrogens is 2. The number of Topliss-reactive ketones (excluding diaryl/α,β-unsaturated/α-hetero) is 1. The molecule has 1 fully saturated rings. The third kappa shape index (κ3) is 3.31. The van der Waals surface area contributed by atoms with E-state index in [1.807, 2.05) is 0 Å². The predicted octanol–water partition coefficient (Wildman–Crippen LogP) is 0.330. The fourth-order valence-corrected chi connectivity index (χ4v) is 2.21. The average Bonchev–Trinajstić information content (AvgIpc) is 2.40. The van der Waals surface area contributed by atoms with Gasteiger partial charge in [0.2, 0.25) is 0 Å². The van der Waals surface area contributed by atoms with E-state index in [1.54, 1.807) is 12.4 Å². The molecule has 17 heavy (non-hydrogen) atoms. The first-order valence-electron chi connectivity index (χ1n) is 6.01. The van der Waals surface area contributed by atoms with Gasteiger partial charge >= 0.3 is 0 Å². The molecule has 0 amide bonds. The van der Waals surface area contributed by atoms with E-state index in [9.17, 15) is 4.79 Å². The SMILES string of the molecule is NC[C@@H]1CCCN(CC(=O)c2cnccn2)C1. The lowest BCUT2D eigenvalue weighted by molar-refractivity contribution is 0.0884. The molecular formula is C12H18N4O.